The number of aliphatic hydroxyl groups is 1. The largest absolute Gasteiger partial charge is 0.389 e. The average molecular weight is 235 g/mol. The van der Waals surface area contributed by atoms with Crippen LogP contribution in [0.2, 0.25) is 0 Å². The van der Waals surface area contributed by atoms with Crippen LogP contribution < -0.4 is 0 Å². The van der Waals surface area contributed by atoms with Crippen LogP contribution in [0.25, 0.3) is 0 Å². The highest BCUT2D eigenvalue weighted by atomic mass is 16.3. The highest BCUT2D eigenvalue weighted by Crippen LogP contribution is 2.08. The Balaban J connectivity index is 2.62. The van der Waals surface area contributed by atoms with Gasteiger partial charge in [0.15, 0.2) is 0 Å². The molecule has 0 heterocycles. The summed E-state index contributed by atoms with van der Waals surface area (Å²) >= 11 is 0. The normalized spacial score (nSPS) is 11.3. The van der Waals surface area contributed by atoms with E-state index in [-0.39, 0.29) is 5.91 Å². The van der Waals surface area contributed by atoms with Gasteiger partial charge in [-0.3, -0.25) is 4.79 Å². The summed E-state index contributed by atoms with van der Waals surface area (Å²) in [7, 11) is 0. The van der Waals surface area contributed by atoms with Crippen molar-refractivity contribution in [1.82, 2.24) is 4.90 Å². The molecule has 1 aromatic rings. The van der Waals surface area contributed by atoms with Gasteiger partial charge in [0.2, 0.25) is 5.91 Å². The fourth-order valence-electron chi connectivity index (χ4n) is 1.73. The molecular weight excluding hydrogens is 214 g/mol. The molecule has 0 saturated carbocycles. The Morgan fingerprint density at radius 2 is 1.88 bits per heavy atom. The Morgan fingerprint density at radius 1 is 1.29 bits per heavy atom. The van der Waals surface area contributed by atoms with Crippen molar-refractivity contribution in [1.29, 1.82) is 0 Å². The molecule has 0 fully saturated rings. The molecule has 0 unspecified atom stereocenters. The van der Waals surface area contributed by atoms with Crippen LogP contribution in [0.1, 0.15) is 26.3 Å². The van der Waals surface area contributed by atoms with Gasteiger partial charge in [0.1, 0.15) is 0 Å². The van der Waals surface area contributed by atoms with Gasteiger partial charge >= 0.3 is 0 Å². The van der Waals surface area contributed by atoms with E-state index >= 15 is 0 Å². The molecule has 0 spiro atoms. The summed E-state index contributed by atoms with van der Waals surface area (Å²) in [5.41, 5.74) is 0.161. The maximum absolute atomic E-state index is 12.0. The van der Waals surface area contributed by atoms with Crippen LogP contribution in [0, 0.1) is 0 Å². The van der Waals surface area contributed by atoms with Gasteiger partial charge < -0.3 is 10.0 Å². The van der Waals surface area contributed by atoms with E-state index in [4.69, 9.17) is 0 Å². The van der Waals surface area contributed by atoms with Crippen LogP contribution in [0.15, 0.2) is 30.3 Å². The van der Waals surface area contributed by atoms with Gasteiger partial charge in [-0.2, -0.15) is 0 Å². The number of rotatable bonds is 5. The molecule has 0 saturated heterocycles. The van der Waals surface area contributed by atoms with Crippen molar-refractivity contribution in [2.75, 3.05) is 13.1 Å². The number of carbonyl (C=O) groups is 1. The molecular formula is C14H21NO2. The first-order valence-corrected chi connectivity index (χ1v) is 5.96. The lowest BCUT2D eigenvalue weighted by atomic mass is 10.1. The highest BCUT2D eigenvalue weighted by molar-refractivity contribution is 5.78. The third-order valence-electron chi connectivity index (χ3n) is 2.51. The maximum Gasteiger partial charge on any atom is 0.227 e. The summed E-state index contributed by atoms with van der Waals surface area (Å²) in [6.07, 6.45) is 0.394. The average Bonchev–Trinajstić information content (AvgIpc) is 2.26. The standard InChI is InChI=1S/C14H21NO2/c1-4-15(11-14(2,3)17)13(16)10-12-8-6-5-7-9-12/h5-9,17H,4,10-11H2,1-3H3. The lowest BCUT2D eigenvalue weighted by molar-refractivity contribution is -0.133. The van der Waals surface area contributed by atoms with Gasteiger partial charge in [0.05, 0.1) is 12.0 Å². The van der Waals surface area contributed by atoms with Crippen molar-refractivity contribution in [3.05, 3.63) is 35.9 Å². The van der Waals surface area contributed by atoms with Crippen LogP contribution in [0.5, 0.6) is 0 Å². The van der Waals surface area contributed by atoms with Gasteiger partial charge in [-0.1, -0.05) is 30.3 Å². The second kappa shape index (κ2) is 5.82. The summed E-state index contributed by atoms with van der Waals surface area (Å²) in [5.74, 6) is 0.0563. The second-order valence-corrected chi connectivity index (χ2v) is 4.88. The number of likely N-dealkylation sites (N-methyl/N-ethyl adjacent to an activating group) is 1. The summed E-state index contributed by atoms with van der Waals surface area (Å²) in [4.78, 5) is 13.7. The molecule has 0 aromatic heterocycles. The Labute approximate surface area is 103 Å². The fourth-order valence-corrected chi connectivity index (χ4v) is 1.73. The molecule has 0 atom stereocenters. The predicted molar refractivity (Wildman–Crippen MR) is 68.7 cm³/mol. The molecule has 1 N–H and O–H groups in total. The molecule has 1 aromatic carbocycles. The molecule has 0 aliphatic rings. The zero-order valence-electron chi connectivity index (χ0n) is 10.8. The third kappa shape index (κ3) is 5.00. The Morgan fingerprint density at radius 3 is 2.35 bits per heavy atom. The first kappa shape index (κ1) is 13.7. The van der Waals surface area contributed by atoms with E-state index in [9.17, 15) is 9.90 Å². The van der Waals surface area contributed by atoms with Crippen LogP contribution in [-0.2, 0) is 11.2 Å². The molecule has 94 valence electrons. The molecule has 1 amide bonds. The molecule has 0 aliphatic carbocycles. The monoisotopic (exact) mass is 235 g/mol. The predicted octanol–water partition coefficient (Wildman–Crippen LogP) is 1.85. The minimum Gasteiger partial charge on any atom is -0.389 e. The first-order chi connectivity index (χ1) is 7.92. The van der Waals surface area contributed by atoms with Gasteiger partial charge in [0, 0.05) is 13.1 Å². The zero-order valence-corrected chi connectivity index (χ0v) is 10.8. The van der Waals surface area contributed by atoms with E-state index in [1.165, 1.54) is 0 Å². The molecule has 1 rings (SSSR count). The topological polar surface area (TPSA) is 40.5 Å². The van der Waals surface area contributed by atoms with E-state index in [2.05, 4.69) is 0 Å². The van der Waals surface area contributed by atoms with Crippen molar-refractivity contribution in [2.45, 2.75) is 32.8 Å². The van der Waals surface area contributed by atoms with Gasteiger partial charge in [-0.25, -0.2) is 0 Å². The number of hydrogen-bond donors (Lipinski definition) is 1. The molecule has 0 aliphatic heterocycles. The summed E-state index contributed by atoms with van der Waals surface area (Å²) in [6, 6.07) is 9.66. The third-order valence-corrected chi connectivity index (χ3v) is 2.51. The van der Waals surface area contributed by atoms with E-state index < -0.39 is 5.60 Å². The van der Waals surface area contributed by atoms with Gasteiger partial charge in [-0.15, -0.1) is 0 Å². The highest BCUT2D eigenvalue weighted by Gasteiger charge is 2.21. The van der Waals surface area contributed by atoms with Crippen LogP contribution in [-0.4, -0.2) is 34.6 Å². The molecule has 0 bridgehead atoms. The number of benzene rings is 1. The Bertz CT molecular complexity index is 354. The van der Waals surface area contributed by atoms with Gasteiger partial charge in [0.25, 0.3) is 0 Å². The lowest BCUT2D eigenvalue weighted by Crippen LogP contribution is -2.42. The number of hydrogen-bond acceptors (Lipinski definition) is 2. The minimum absolute atomic E-state index is 0.0563. The van der Waals surface area contributed by atoms with Gasteiger partial charge in [-0.05, 0) is 26.3 Å². The SMILES string of the molecule is CCN(CC(C)(C)O)C(=O)Cc1ccccc1. The van der Waals surface area contributed by atoms with Crippen molar-refractivity contribution < 1.29 is 9.90 Å². The van der Waals surface area contributed by atoms with E-state index in [0.29, 0.717) is 19.5 Å². The Kier molecular flexibility index (Phi) is 4.70. The van der Waals surface area contributed by atoms with Crippen LogP contribution in [0.3, 0.4) is 0 Å². The van der Waals surface area contributed by atoms with Crippen LogP contribution in [0.4, 0.5) is 0 Å². The van der Waals surface area contributed by atoms with Crippen molar-refractivity contribution in [2.24, 2.45) is 0 Å². The van der Waals surface area contributed by atoms with Crippen molar-refractivity contribution >= 4 is 5.91 Å². The number of amides is 1. The molecule has 3 nitrogen and oxygen atoms in total. The van der Waals surface area contributed by atoms with Crippen molar-refractivity contribution in [3.8, 4) is 0 Å². The van der Waals surface area contributed by atoms with E-state index in [0.717, 1.165) is 5.56 Å². The lowest BCUT2D eigenvalue weighted by Gasteiger charge is -2.28. The first-order valence-electron chi connectivity index (χ1n) is 5.96. The summed E-state index contributed by atoms with van der Waals surface area (Å²) in [6.45, 7) is 6.34. The maximum atomic E-state index is 12.0. The Hall–Kier alpha value is -1.35. The molecule has 0 radical (unpaired) electrons. The van der Waals surface area contributed by atoms with E-state index in [1.54, 1.807) is 18.7 Å². The molecule has 3 heteroatoms. The fraction of sp³-hybridized carbons (Fsp3) is 0.500. The van der Waals surface area contributed by atoms with Crippen LogP contribution >= 0.6 is 0 Å². The summed E-state index contributed by atoms with van der Waals surface area (Å²) in [5, 5.41) is 9.74. The second-order valence-electron chi connectivity index (χ2n) is 4.88. The quantitative estimate of drug-likeness (QED) is 0.846. The van der Waals surface area contributed by atoms with E-state index in [1.807, 2.05) is 37.3 Å². The smallest absolute Gasteiger partial charge is 0.227 e. The van der Waals surface area contributed by atoms with Crippen molar-refractivity contribution in [3.63, 3.8) is 0 Å². The minimum atomic E-state index is -0.845. The summed E-state index contributed by atoms with van der Waals surface area (Å²) < 4.78 is 0. The number of carbonyl (C=O) groups excluding carboxylic acids is 1. The number of nitrogens with zero attached hydrogens (tertiary/aromatic N) is 1. The zero-order chi connectivity index (χ0) is 12.9. The molecule has 17 heavy (non-hydrogen) atoms.